The number of benzene rings is 2. The molecule has 0 fully saturated rings. The van der Waals surface area contributed by atoms with Crippen LogP contribution in [0.25, 0.3) is 10.9 Å². The third-order valence-electron chi connectivity index (χ3n) is 6.07. The molecule has 0 saturated carbocycles. The molecule has 1 amide bonds. The lowest BCUT2D eigenvalue weighted by atomic mass is 10.1. The molecule has 1 aliphatic rings. The molecule has 0 bridgehead atoms. The average molecular weight is 512 g/mol. The maximum atomic E-state index is 12.1. The van der Waals surface area contributed by atoms with Gasteiger partial charge < -0.3 is 14.6 Å². The summed E-state index contributed by atoms with van der Waals surface area (Å²) in [4.78, 5) is 21.2. The van der Waals surface area contributed by atoms with Crippen LogP contribution in [0.15, 0.2) is 61.1 Å². The minimum Gasteiger partial charge on any atom is -0.439 e. The van der Waals surface area contributed by atoms with Gasteiger partial charge in [-0.2, -0.15) is 13.2 Å². The van der Waals surface area contributed by atoms with Crippen LogP contribution in [-0.4, -0.2) is 38.9 Å². The molecule has 0 radical (unpaired) electrons. The van der Waals surface area contributed by atoms with Gasteiger partial charge in [-0.1, -0.05) is 13.0 Å². The summed E-state index contributed by atoms with van der Waals surface area (Å²) in [5, 5.41) is 3.31. The summed E-state index contributed by atoms with van der Waals surface area (Å²) < 4.78 is 44.5. The van der Waals surface area contributed by atoms with E-state index in [4.69, 9.17) is 4.74 Å². The van der Waals surface area contributed by atoms with E-state index in [9.17, 15) is 18.0 Å². The fraction of sp³-hybridized carbons (Fsp3) is 0.296. The molecule has 1 aliphatic heterocycles. The Morgan fingerprint density at radius 3 is 2.73 bits per heavy atom. The van der Waals surface area contributed by atoms with Crippen LogP contribution in [0.5, 0.6) is 11.6 Å². The number of hydrogen-bond acceptors (Lipinski definition) is 5. The molecule has 2 aromatic heterocycles. The number of nitrogens with zero attached hydrogens (tertiary/aromatic N) is 4. The van der Waals surface area contributed by atoms with Crippen molar-refractivity contribution in [1.82, 2.24) is 19.4 Å². The van der Waals surface area contributed by atoms with Crippen molar-refractivity contribution < 1.29 is 22.7 Å². The highest BCUT2D eigenvalue weighted by Crippen LogP contribution is 2.31. The maximum Gasteiger partial charge on any atom is 0.416 e. The lowest BCUT2D eigenvalue weighted by molar-refractivity contribution is -0.137. The Balaban J connectivity index is 0.000000209. The van der Waals surface area contributed by atoms with Crippen LogP contribution < -0.4 is 10.1 Å². The quantitative estimate of drug-likeness (QED) is 0.331. The van der Waals surface area contributed by atoms with Gasteiger partial charge in [0, 0.05) is 48.5 Å². The van der Waals surface area contributed by atoms with Crippen molar-refractivity contribution in [3.8, 4) is 11.6 Å². The van der Waals surface area contributed by atoms with E-state index in [1.54, 1.807) is 6.33 Å². The van der Waals surface area contributed by atoms with Crippen LogP contribution in [0, 0.1) is 0 Å². The number of nitrogens with one attached hydrogen (secondary N) is 1. The number of aryl methyl sites for hydroxylation is 1. The Kier molecular flexibility index (Phi) is 8.08. The number of alkyl halides is 3. The molecule has 1 N–H and O–H groups in total. The standard InChI is InChI=1S/C19H22N4O.C8H6F3NO/c1-3-8-23-10-7-16-17(12-23)20-13-21-19(16)24-15-4-5-18-14(11-15)6-9-22(18)2;9-8(10,11)6-2-1-3-7(4-6)12-5-13/h4-6,9,11,13H,3,7-8,10,12H2,1-2H3;1-5H,(H,12,13). The first-order valence-electron chi connectivity index (χ1n) is 11.9. The second kappa shape index (κ2) is 11.4. The summed E-state index contributed by atoms with van der Waals surface area (Å²) in [6, 6.07) is 12.7. The van der Waals surface area contributed by atoms with Crippen molar-refractivity contribution >= 4 is 23.0 Å². The number of carbonyl (C=O) groups excluding carboxylic acids is 1. The van der Waals surface area contributed by atoms with Gasteiger partial charge in [-0.3, -0.25) is 9.69 Å². The van der Waals surface area contributed by atoms with E-state index in [1.165, 1.54) is 29.5 Å². The first-order valence-corrected chi connectivity index (χ1v) is 11.9. The highest BCUT2D eigenvalue weighted by Gasteiger charge is 2.30. The highest BCUT2D eigenvalue weighted by atomic mass is 19.4. The SMILES string of the molecule is CCCN1CCc2c(ncnc2Oc2ccc3c(ccn3C)c2)C1.O=CNc1cccc(C(F)(F)F)c1. The van der Waals surface area contributed by atoms with E-state index in [-0.39, 0.29) is 5.69 Å². The van der Waals surface area contributed by atoms with Crippen molar-refractivity contribution in [3.63, 3.8) is 0 Å². The second-order valence-electron chi connectivity index (χ2n) is 8.72. The van der Waals surface area contributed by atoms with Crippen LogP contribution in [0.2, 0.25) is 0 Å². The molecule has 0 saturated heterocycles. The minimum absolute atomic E-state index is 0.129. The third kappa shape index (κ3) is 6.45. The fourth-order valence-electron chi connectivity index (χ4n) is 4.26. The Morgan fingerprint density at radius 1 is 1.14 bits per heavy atom. The normalized spacial score (nSPS) is 13.4. The molecule has 37 heavy (non-hydrogen) atoms. The van der Waals surface area contributed by atoms with Gasteiger partial charge in [-0.25, -0.2) is 9.97 Å². The zero-order chi connectivity index (χ0) is 26.4. The number of rotatable bonds is 6. The molecule has 10 heteroatoms. The minimum atomic E-state index is -4.37. The number of aromatic nitrogens is 3. The van der Waals surface area contributed by atoms with Crippen LogP contribution in [0.1, 0.15) is 30.2 Å². The predicted molar refractivity (Wildman–Crippen MR) is 135 cm³/mol. The Hall–Kier alpha value is -3.92. The van der Waals surface area contributed by atoms with E-state index in [1.807, 2.05) is 13.1 Å². The van der Waals surface area contributed by atoms with Gasteiger partial charge in [0.15, 0.2) is 0 Å². The van der Waals surface area contributed by atoms with Gasteiger partial charge in [0.1, 0.15) is 12.1 Å². The summed E-state index contributed by atoms with van der Waals surface area (Å²) in [7, 11) is 2.05. The molecular formula is C27H28F3N5O2. The Bertz CT molecular complexity index is 1370. The van der Waals surface area contributed by atoms with Gasteiger partial charge in [-0.05, 0) is 61.9 Å². The highest BCUT2D eigenvalue weighted by molar-refractivity contribution is 5.81. The summed E-state index contributed by atoms with van der Waals surface area (Å²) in [5.41, 5.74) is 2.80. The molecule has 2 aromatic carbocycles. The number of carbonyl (C=O) groups is 1. The van der Waals surface area contributed by atoms with E-state index in [0.29, 0.717) is 12.3 Å². The number of hydrogen-bond donors (Lipinski definition) is 1. The fourth-order valence-corrected chi connectivity index (χ4v) is 4.26. The Morgan fingerprint density at radius 2 is 1.97 bits per heavy atom. The van der Waals surface area contributed by atoms with Crippen molar-refractivity contribution in [3.05, 3.63) is 77.9 Å². The largest absolute Gasteiger partial charge is 0.439 e. The number of anilines is 1. The van der Waals surface area contributed by atoms with Crippen molar-refractivity contribution in [2.45, 2.75) is 32.5 Å². The molecule has 0 unspecified atom stereocenters. The van der Waals surface area contributed by atoms with E-state index >= 15 is 0 Å². The van der Waals surface area contributed by atoms with Crippen LogP contribution >= 0.6 is 0 Å². The van der Waals surface area contributed by atoms with Gasteiger partial charge in [0.05, 0.1) is 11.3 Å². The molecule has 194 valence electrons. The molecule has 0 spiro atoms. The van der Waals surface area contributed by atoms with Crippen molar-refractivity contribution in [2.75, 3.05) is 18.4 Å². The zero-order valence-electron chi connectivity index (χ0n) is 20.6. The van der Waals surface area contributed by atoms with Crippen molar-refractivity contribution in [1.29, 1.82) is 0 Å². The molecule has 0 atom stereocenters. The maximum absolute atomic E-state index is 12.1. The zero-order valence-corrected chi connectivity index (χ0v) is 20.6. The monoisotopic (exact) mass is 511 g/mol. The van der Waals surface area contributed by atoms with E-state index < -0.39 is 11.7 Å². The summed E-state index contributed by atoms with van der Waals surface area (Å²) >= 11 is 0. The first kappa shape index (κ1) is 26.2. The van der Waals surface area contributed by atoms with E-state index in [2.05, 4.69) is 56.1 Å². The number of ether oxygens (including phenoxy) is 1. The smallest absolute Gasteiger partial charge is 0.416 e. The number of amides is 1. The lowest BCUT2D eigenvalue weighted by Gasteiger charge is -2.28. The topological polar surface area (TPSA) is 72.3 Å². The van der Waals surface area contributed by atoms with Crippen LogP contribution in [0.4, 0.5) is 18.9 Å². The van der Waals surface area contributed by atoms with E-state index in [0.717, 1.165) is 55.2 Å². The summed E-state index contributed by atoms with van der Waals surface area (Å²) in [5.74, 6) is 1.53. The average Bonchev–Trinajstić information content (AvgIpc) is 3.24. The van der Waals surface area contributed by atoms with Crippen LogP contribution in [0.3, 0.4) is 0 Å². The van der Waals surface area contributed by atoms with Gasteiger partial charge >= 0.3 is 6.18 Å². The Labute approximate surface area is 212 Å². The third-order valence-corrected chi connectivity index (χ3v) is 6.07. The molecule has 7 nitrogen and oxygen atoms in total. The molecule has 5 rings (SSSR count). The first-order chi connectivity index (χ1) is 17.8. The molecular weight excluding hydrogens is 483 g/mol. The van der Waals surface area contributed by atoms with Gasteiger partial charge in [0.25, 0.3) is 0 Å². The van der Waals surface area contributed by atoms with Crippen molar-refractivity contribution in [2.24, 2.45) is 7.05 Å². The van der Waals surface area contributed by atoms with Crippen LogP contribution in [-0.2, 0) is 31.0 Å². The molecule has 0 aliphatic carbocycles. The summed E-state index contributed by atoms with van der Waals surface area (Å²) in [6.07, 6.45) is 1.74. The van der Waals surface area contributed by atoms with Gasteiger partial charge in [0.2, 0.25) is 12.3 Å². The predicted octanol–water partition coefficient (Wildman–Crippen LogP) is 5.80. The van der Waals surface area contributed by atoms with Gasteiger partial charge in [-0.15, -0.1) is 0 Å². The number of fused-ring (bicyclic) bond motifs is 2. The lowest BCUT2D eigenvalue weighted by Crippen LogP contribution is -2.32. The number of halogens is 3. The molecule has 4 aromatic rings. The second-order valence-corrected chi connectivity index (χ2v) is 8.72. The summed E-state index contributed by atoms with van der Waals surface area (Å²) in [6.45, 7) is 5.26. The molecule has 3 heterocycles.